The summed E-state index contributed by atoms with van der Waals surface area (Å²) in [6.07, 6.45) is 2.23. The molecular formula is C13H20N2O2. The Labute approximate surface area is 102 Å². The standard InChI is InChI=1S/C13H20N2O2/c1-17-12-6-2-4-10(13(12)16)8-15-7-3-5-11(14)9-15/h2,4,6,11,16H,3,5,7-9,14H2,1H3/t11-/m0/s1. The van der Waals surface area contributed by atoms with Crippen molar-refractivity contribution in [1.29, 1.82) is 0 Å². The van der Waals surface area contributed by atoms with Crippen LogP contribution in [0.25, 0.3) is 0 Å². The van der Waals surface area contributed by atoms with Crippen molar-refractivity contribution in [1.82, 2.24) is 4.90 Å². The minimum absolute atomic E-state index is 0.245. The van der Waals surface area contributed by atoms with Crippen molar-refractivity contribution in [3.63, 3.8) is 0 Å². The van der Waals surface area contributed by atoms with Gasteiger partial charge in [0, 0.05) is 24.7 Å². The Morgan fingerprint density at radius 1 is 1.53 bits per heavy atom. The molecule has 1 atom stereocenters. The van der Waals surface area contributed by atoms with Crippen molar-refractivity contribution in [3.8, 4) is 11.5 Å². The van der Waals surface area contributed by atoms with Gasteiger partial charge in [-0.05, 0) is 25.5 Å². The molecular weight excluding hydrogens is 216 g/mol. The Balaban J connectivity index is 2.07. The molecule has 3 N–H and O–H groups in total. The van der Waals surface area contributed by atoms with Crippen LogP contribution in [-0.2, 0) is 6.54 Å². The van der Waals surface area contributed by atoms with Crippen molar-refractivity contribution in [2.75, 3.05) is 20.2 Å². The zero-order valence-electron chi connectivity index (χ0n) is 10.2. The highest BCUT2D eigenvalue weighted by Gasteiger charge is 2.18. The molecule has 0 aromatic heterocycles. The molecule has 1 aliphatic rings. The smallest absolute Gasteiger partial charge is 0.162 e. The third kappa shape index (κ3) is 2.90. The lowest BCUT2D eigenvalue weighted by atomic mass is 10.1. The van der Waals surface area contributed by atoms with Gasteiger partial charge < -0.3 is 15.6 Å². The van der Waals surface area contributed by atoms with Crippen molar-refractivity contribution < 1.29 is 9.84 Å². The van der Waals surface area contributed by atoms with Crippen LogP contribution in [0.1, 0.15) is 18.4 Å². The van der Waals surface area contributed by atoms with Gasteiger partial charge in [0.25, 0.3) is 0 Å². The minimum Gasteiger partial charge on any atom is -0.504 e. The lowest BCUT2D eigenvalue weighted by molar-refractivity contribution is 0.199. The highest BCUT2D eigenvalue weighted by molar-refractivity contribution is 5.45. The van der Waals surface area contributed by atoms with Gasteiger partial charge in [0.1, 0.15) is 0 Å². The van der Waals surface area contributed by atoms with Crippen LogP contribution in [0.2, 0.25) is 0 Å². The number of likely N-dealkylation sites (tertiary alicyclic amines) is 1. The number of benzene rings is 1. The van der Waals surface area contributed by atoms with Crippen LogP contribution in [0.3, 0.4) is 0 Å². The molecule has 1 fully saturated rings. The zero-order chi connectivity index (χ0) is 12.3. The number of phenols is 1. The molecule has 1 aromatic carbocycles. The van der Waals surface area contributed by atoms with E-state index in [1.807, 2.05) is 12.1 Å². The summed E-state index contributed by atoms with van der Waals surface area (Å²) in [6, 6.07) is 5.85. The second-order valence-corrected chi connectivity index (χ2v) is 4.61. The van der Waals surface area contributed by atoms with E-state index in [1.54, 1.807) is 13.2 Å². The van der Waals surface area contributed by atoms with Crippen LogP contribution >= 0.6 is 0 Å². The molecule has 0 bridgehead atoms. The Kier molecular flexibility index (Phi) is 3.86. The summed E-state index contributed by atoms with van der Waals surface area (Å²) in [5.41, 5.74) is 6.85. The zero-order valence-corrected chi connectivity index (χ0v) is 10.2. The van der Waals surface area contributed by atoms with Crippen LogP contribution < -0.4 is 10.5 Å². The van der Waals surface area contributed by atoms with E-state index in [9.17, 15) is 5.11 Å². The Morgan fingerprint density at radius 3 is 3.06 bits per heavy atom. The van der Waals surface area contributed by atoms with E-state index in [0.717, 1.165) is 38.0 Å². The van der Waals surface area contributed by atoms with Gasteiger partial charge in [-0.25, -0.2) is 0 Å². The molecule has 4 nitrogen and oxygen atoms in total. The van der Waals surface area contributed by atoms with E-state index in [-0.39, 0.29) is 11.8 Å². The predicted octanol–water partition coefficient (Wildman–Crippen LogP) is 1.32. The van der Waals surface area contributed by atoms with Crippen molar-refractivity contribution in [2.45, 2.75) is 25.4 Å². The number of rotatable bonds is 3. The van der Waals surface area contributed by atoms with E-state index in [1.165, 1.54) is 0 Å². The molecule has 2 rings (SSSR count). The van der Waals surface area contributed by atoms with Gasteiger partial charge in [-0.3, -0.25) is 4.90 Å². The van der Waals surface area contributed by atoms with Crippen molar-refractivity contribution in [2.24, 2.45) is 5.73 Å². The lowest BCUT2D eigenvalue weighted by Gasteiger charge is -2.30. The van der Waals surface area contributed by atoms with Gasteiger partial charge in [-0.15, -0.1) is 0 Å². The van der Waals surface area contributed by atoms with E-state index in [4.69, 9.17) is 10.5 Å². The second-order valence-electron chi connectivity index (χ2n) is 4.61. The number of hydrogen-bond acceptors (Lipinski definition) is 4. The summed E-state index contributed by atoms with van der Waals surface area (Å²) in [4.78, 5) is 2.28. The molecule has 1 aliphatic heterocycles. The van der Waals surface area contributed by atoms with E-state index >= 15 is 0 Å². The largest absolute Gasteiger partial charge is 0.504 e. The molecule has 0 unspecified atom stereocenters. The van der Waals surface area contributed by atoms with Crippen molar-refractivity contribution >= 4 is 0 Å². The first-order chi connectivity index (χ1) is 8.20. The van der Waals surface area contributed by atoms with Gasteiger partial charge >= 0.3 is 0 Å². The third-order valence-corrected chi connectivity index (χ3v) is 3.24. The molecule has 0 saturated carbocycles. The molecule has 4 heteroatoms. The Bertz CT molecular complexity index is 382. The topological polar surface area (TPSA) is 58.7 Å². The number of para-hydroxylation sites is 1. The average molecular weight is 236 g/mol. The SMILES string of the molecule is COc1cccc(CN2CCC[C@H](N)C2)c1O. The first-order valence-electron chi connectivity index (χ1n) is 6.03. The maximum Gasteiger partial charge on any atom is 0.162 e. The summed E-state index contributed by atoms with van der Waals surface area (Å²) in [6.45, 7) is 2.68. The number of nitrogens with zero attached hydrogens (tertiary/aromatic N) is 1. The fraction of sp³-hybridized carbons (Fsp3) is 0.538. The van der Waals surface area contributed by atoms with Gasteiger partial charge in [-0.2, -0.15) is 0 Å². The van der Waals surface area contributed by atoms with Gasteiger partial charge in [0.05, 0.1) is 7.11 Å². The fourth-order valence-electron chi connectivity index (χ4n) is 2.34. The lowest BCUT2D eigenvalue weighted by Crippen LogP contribution is -2.42. The number of piperidine rings is 1. The molecule has 0 spiro atoms. The monoisotopic (exact) mass is 236 g/mol. The highest BCUT2D eigenvalue weighted by atomic mass is 16.5. The number of methoxy groups -OCH3 is 1. The molecule has 1 aromatic rings. The number of aromatic hydroxyl groups is 1. The number of hydrogen-bond donors (Lipinski definition) is 2. The van der Waals surface area contributed by atoms with Crippen LogP contribution in [-0.4, -0.2) is 36.2 Å². The average Bonchev–Trinajstić information content (AvgIpc) is 2.32. The summed E-state index contributed by atoms with van der Waals surface area (Å²) in [7, 11) is 1.57. The van der Waals surface area contributed by atoms with Gasteiger partial charge in [0.2, 0.25) is 0 Å². The van der Waals surface area contributed by atoms with E-state index in [2.05, 4.69) is 4.90 Å². The van der Waals surface area contributed by atoms with Crippen LogP contribution in [0.4, 0.5) is 0 Å². The summed E-state index contributed by atoms with van der Waals surface area (Å²) >= 11 is 0. The van der Waals surface area contributed by atoms with Gasteiger partial charge in [-0.1, -0.05) is 12.1 Å². The molecule has 1 heterocycles. The molecule has 94 valence electrons. The predicted molar refractivity (Wildman–Crippen MR) is 67.1 cm³/mol. The van der Waals surface area contributed by atoms with Crippen LogP contribution in [0.5, 0.6) is 11.5 Å². The number of nitrogens with two attached hydrogens (primary N) is 1. The number of ether oxygens (including phenoxy) is 1. The first-order valence-corrected chi connectivity index (χ1v) is 6.03. The van der Waals surface area contributed by atoms with Crippen molar-refractivity contribution in [3.05, 3.63) is 23.8 Å². The maximum atomic E-state index is 10.0. The quantitative estimate of drug-likeness (QED) is 0.831. The second kappa shape index (κ2) is 5.38. The number of phenolic OH excluding ortho intramolecular Hbond substituents is 1. The normalized spacial score (nSPS) is 21.4. The third-order valence-electron chi connectivity index (χ3n) is 3.24. The fourth-order valence-corrected chi connectivity index (χ4v) is 2.34. The molecule has 0 radical (unpaired) electrons. The highest BCUT2D eigenvalue weighted by Crippen LogP contribution is 2.30. The summed E-state index contributed by atoms with van der Waals surface area (Å²) < 4.78 is 5.10. The van der Waals surface area contributed by atoms with E-state index < -0.39 is 0 Å². The molecule has 0 aliphatic carbocycles. The molecule has 1 saturated heterocycles. The summed E-state index contributed by atoms with van der Waals surface area (Å²) in [5.74, 6) is 0.776. The van der Waals surface area contributed by atoms with Gasteiger partial charge in [0.15, 0.2) is 11.5 Å². The molecule has 0 amide bonds. The molecule has 17 heavy (non-hydrogen) atoms. The summed E-state index contributed by atoms with van der Waals surface area (Å²) in [5, 5.41) is 10.0. The maximum absolute atomic E-state index is 10.0. The Morgan fingerprint density at radius 2 is 2.35 bits per heavy atom. The van der Waals surface area contributed by atoms with Crippen LogP contribution in [0.15, 0.2) is 18.2 Å². The van der Waals surface area contributed by atoms with Crippen LogP contribution in [0, 0.1) is 0 Å². The van der Waals surface area contributed by atoms with E-state index in [0.29, 0.717) is 5.75 Å². The first kappa shape index (κ1) is 12.2. The minimum atomic E-state index is 0.245. The Hall–Kier alpha value is -1.26.